The number of para-hydroxylation sites is 1. The first-order chi connectivity index (χ1) is 11.4. The fraction of sp³-hybridized carbons (Fsp3) is 0.286. The first-order valence-electron chi connectivity index (χ1n) is 8.17. The van der Waals surface area contributed by atoms with Crippen molar-refractivity contribution in [3.63, 3.8) is 0 Å². The third-order valence-corrected chi connectivity index (χ3v) is 5.46. The Balaban J connectivity index is 1.95. The van der Waals surface area contributed by atoms with E-state index in [1.54, 1.807) is 11.8 Å². The number of likely N-dealkylation sites (N-methyl/N-ethyl adjacent to an activating group) is 1. The second-order valence-corrected chi connectivity index (χ2v) is 7.59. The number of rotatable bonds is 3. The predicted molar refractivity (Wildman–Crippen MR) is 108 cm³/mol. The van der Waals surface area contributed by atoms with Crippen molar-refractivity contribution in [3.05, 3.63) is 59.7 Å². The molecule has 1 heterocycles. The number of allylic oxidation sites excluding steroid dienone is 1. The molecule has 3 heteroatoms. The summed E-state index contributed by atoms with van der Waals surface area (Å²) in [5.41, 5.74) is 6.09. The van der Waals surface area contributed by atoms with E-state index in [2.05, 4.69) is 86.4 Å². The minimum absolute atomic E-state index is 0.0456. The van der Waals surface area contributed by atoms with Crippen molar-refractivity contribution in [2.45, 2.75) is 31.2 Å². The lowest BCUT2D eigenvalue weighted by Crippen LogP contribution is -2.42. The Morgan fingerprint density at radius 3 is 2.62 bits per heavy atom. The molecule has 2 nitrogen and oxygen atoms in total. The van der Waals surface area contributed by atoms with Crippen molar-refractivity contribution in [2.75, 3.05) is 18.2 Å². The molecule has 2 aromatic rings. The van der Waals surface area contributed by atoms with Crippen LogP contribution in [-0.4, -0.2) is 25.1 Å². The molecule has 0 amide bonds. The number of nitrogens with zero attached hydrogens (tertiary/aromatic N) is 2. The van der Waals surface area contributed by atoms with E-state index in [0.717, 1.165) is 11.3 Å². The molecule has 124 valence electrons. The maximum absolute atomic E-state index is 4.69. The zero-order valence-corrected chi connectivity index (χ0v) is 15.8. The molecule has 3 rings (SSSR count). The first-order valence-corrected chi connectivity index (χ1v) is 9.39. The number of anilines is 1. The Hall–Kier alpha value is -2.00. The van der Waals surface area contributed by atoms with E-state index in [4.69, 9.17) is 0 Å². The molecule has 0 atom stereocenters. The SMILES string of the molecule is CSc1ccccc1N=Cc1ccc2c(c1)C(C)=CC(C)(C)N2C. The molecule has 1 aliphatic heterocycles. The van der Waals surface area contributed by atoms with Gasteiger partial charge in [-0.3, -0.25) is 4.99 Å². The van der Waals surface area contributed by atoms with Crippen LogP contribution in [0.25, 0.3) is 5.57 Å². The van der Waals surface area contributed by atoms with Gasteiger partial charge in [0.25, 0.3) is 0 Å². The molecule has 0 radical (unpaired) electrons. The molecular weight excluding hydrogens is 312 g/mol. The van der Waals surface area contributed by atoms with Crippen molar-refractivity contribution in [1.29, 1.82) is 0 Å². The summed E-state index contributed by atoms with van der Waals surface area (Å²) in [6.07, 6.45) is 6.38. The average Bonchev–Trinajstić information content (AvgIpc) is 2.58. The summed E-state index contributed by atoms with van der Waals surface area (Å²) >= 11 is 1.72. The number of aliphatic imine (C=N–C) groups is 1. The van der Waals surface area contributed by atoms with Crippen molar-refractivity contribution < 1.29 is 0 Å². The molecule has 0 N–H and O–H groups in total. The predicted octanol–water partition coefficient (Wildman–Crippen LogP) is 5.79. The van der Waals surface area contributed by atoms with Crippen LogP contribution in [0.15, 0.2) is 58.4 Å². The summed E-state index contributed by atoms with van der Waals surface area (Å²) in [5.74, 6) is 0. The summed E-state index contributed by atoms with van der Waals surface area (Å²) in [5, 5.41) is 0. The van der Waals surface area contributed by atoms with Gasteiger partial charge in [0.15, 0.2) is 0 Å². The van der Waals surface area contributed by atoms with Crippen molar-refractivity contribution in [3.8, 4) is 0 Å². The first kappa shape index (κ1) is 16.8. The maximum Gasteiger partial charge on any atom is 0.0765 e. The summed E-state index contributed by atoms with van der Waals surface area (Å²) < 4.78 is 0. The van der Waals surface area contributed by atoms with E-state index in [1.807, 2.05) is 12.3 Å². The lowest BCUT2D eigenvalue weighted by Gasteiger charge is -2.40. The van der Waals surface area contributed by atoms with Gasteiger partial charge >= 0.3 is 0 Å². The van der Waals surface area contributed by atoms with Crippen molar-refractivity contribution >= 4 is 34.9 Å². The number of benzene rings is 2. The largest absolute Gasteiger partial charge is 0.366 e. The van der Waals surface area contributed by atoms with Gasteiger partial charge in [-0.25, -0.2) is 0 Å². The third kappa shape index (κ3) is 3.13. The molecule has 0 spiro atoms. The zero-order valence-electron chi connectivity index (χ0n) is 15.0. The number of hydrogen-bond donors (Lipinski definition) is 0. The van der Waals surface area contributed by atoms with Gasteiger partial charge in [-0.05, 0) is 62.4 Å². The van der Waals surface area contributed by atoms with Crippen LogP contribution in [0.2, 0.25) is 0 Å². The molecule has 0 saturated heterocycles. The van der Waals surface area contributed by atoms with E-state index in [9.17, 15) is 0 Å². The Labute approximate surface area is 149 Å². The van der Waals surface area contributed by atoms with Crippen LogP contribution in [0.3, 0.4) is 0 Å². The number of hydrogen-bond acceptors (Lipinski definition) is 3. The summed E-state index contributed by atoms with van der Waals surface area (Å²) in [7, 11) is 2.16. The van der Waals surface area contributed by atoms with Crippen LogP contribution in [0.1, 0.15) is 31.9 Å². The van der Waals surface area contributed by atoms with Crippen molar-refractivity contribution in [1.82, 2.24) is 0 Å². The van der Waals surface area contributed by atoms with Gasteiger partial charge in [0.1, 0.15) is 0 Å². The third-order valence-electron chi connectivity index (χ3n) is 4.68. The van der Waals surface area contributed by atoms with E-state index in [1.165, 1.54) is 21.7 Å². The smallest absolute Gasteiger partial charge is 0.0765 e. The lowest BCUT2D eigenvalue weighted by atomic mass is 9.89. The van der Waals surface area contributed by atoms with Crippen LogP contribution in [-0.2, 0) is 0 Å². The second kappa shape index (κ2) is 6.48. The van der Waals surface area contributed by atoms with Gasteiger partial charge < -0.3 is 4.90 Å². The summed E-state index contributed by atoms with van der Waals surface area (Å²) in [6, 6.07) is 14.8. The van der Waals surface area contributed by atoms with E-state index in [0.29, 0.717) is 0 Å². The standard InChI is InChI=1S/C21H24N2S/c1-15-13-21(2,3)23(4)19-11-10-16(12-17(15)19)14-22-18-8-6-7-9-20(18)24-5/h6-14H,1-5H3. The monoisotopic (exact) mass is 336 g/mol. The van der Waals surface area contributed by atoms with Crippen LogP contribution >= 0.6 is 11.8 Å². The highest BCUT2D eigenvalue weighted by atomic mass is 32.2. The highest BCUT2D eigenvalue weighted by Gasteiger charge is 2.28. The normalized spacial score (nSPS) is 16.2. The molecular formula is C21H24N2S. The van der Waals surface area contributed by atoms with E-state index >= 15 is 0 Å². The highest BCUT2D eigenvalue weighted by Crippen LogP contribution is 2.38. The minimum Gasteiger partial charge on any atom is -0.366 e. The fourth-order valence-electron chi connectivity index (χ4n) is 3.14. The van der Waals surface area contributed by atoms with Gasteiger partial charge in [0.05, 0.1) is 11.2 Å². The van der Waals surface area contributed by atoms with Gasteiger partial charge in [-0.1, -0.05) is 24.3 Å². The fourth-order valence-corrected chi connectivity index (χ4v) is 3.68. The van der Waals surface area contributed by atoms with Gasteiger partial charge in [-0.15, -0.1) is 11.8 Å². The number of fused-ring (bicyclic) bond motifs is 1. The van der Waals surface area contributed by atoms with Crippen LogP contribution in [0, 0.1) is 0 Å². The van der Waals surface area contributed by atoms with E-state index < -0.39 is 0 Å². The molecule has 1 aliphatic rings. The summed E-state index contributed by atoms with van der Waals surface area (Å²) in [4.78, 5) is 8.22. The summed E-state index contributed by atoms with van der Waals surface area (Å²) in [6.45, 7) is 6.68. The Bertz CT molecular complexity index is 818. The molecule has 0 bridgehead atoms. The highest BCUT2D eigenvalue weighted by molar-refractivity contribution is 7.98. The molecule has 0 aromatic heterocycles. The van der Waals surface area contributed by atoms with Crippen LogP contribution in [0.5, 0.6) is 0 Å². The molecule has 2 aromatic carbocycles. The molecule has 0 fully saturated rings. The molecule has 0 unspecified atom stereocenters. The van der Waals surface area contributed by atoms with Gasteiger partial charge in [0.2, 0.25) is 0 Å². The Morgan fingerprint density at radius 2 is 1.88 bits per heavy atom. The Kier molecular flexibility index (Phi) is 4.55. The van der Waals surface area contributed by atoms with E-state index in [-0.39, 0.29) is 5.54 Å². The maximum atomic E-state index is 4.69. The lowest BCUT2D eigenvalue weighted by molar-refractivity contribution is 0.598. The second-order valence-electron chi connectivity index (χ2n) is 6.75. The average molecular weight is 337 g/mol. The van der Waals surface area contributed by atoms with Crippen LogP contribution in [0.4, 0.5) is 11.4 Å². The van der Waals surface area contributed by atoms with Gasteiger partial charge in [-0.2, -0.15) is 0 Å². The quantitative estimate of drug-likeness (QED) is 0.520. The number of thioether (sulfide) groups is 1. The molecule has 0 saturated carbocycles. The minimum atomic E-state index is 0.0456. The molecule has 24 heavy (non-hydrogen) atoms. The van der Waals surface area contributed by atoms with Gasteiger partial charge in [0, 0.05) is 29.4 Å². The van der Waals surface area contributed by atoms with Crippen molar-refractivity contribution in [2.24, 2.45) is 4.99 Å². The Morgan fingerprint density at radius 1 is 1.12 bits per heavy atom. The molecule has 0 aliphatic carbocycles. The topological polar surface area (TPSA) is 15.6 Å². The van der Waals surface area contributed by atoms with Crippen LogP contribution < -0.4 is 4.90 Å². The zero-order chi connectivity index (χ0) is 17.3.